The van der Waals surface area contributed by atoms with Crippen LogP contribution in [0.4, 0.5) is 11.4 Å². The van der Waals surface area contributed by atoms with Crippen LogP contribution < -0.4 is 14.4 Å². The molecule has 30 heavy (non-hydrogen) atoms. The Hall–Kier alpha value is -3.03. The lowest BCUT2D eigenvalue weighted by molar-refractivity contribution is -0.122. The number of para-hydroxylation sites is 2. The van der Waals surface area contributed by atoms with Gasteiger partial charge in [-0.3, -0.25) is 9.10 Å². The van der Waals surface area contributed by atoms with E-state index in [4.69, 9.17) is 16.3 Å². The molecule has 0 bridgehead atoms. The van der Waals surface area contributed by atoms with Gasteiger partial charge in [-0.25, -0.2) is 8.42 Å². The first-order valence-corrected chi connectivity index (χ1v) is 11.3. The second-order valence-electron chi connectivity index (χ2n) is 6.84. The van der Waals surface area contributed by atoms with Crippen molar-refractivity contribution in [3.63, 3.8) is 0 Å². The first-order valence-electron chi connectivity index (χ1n) is 9.29. The molecule has 1 amide bonds. The molecule has 3 aromatic carbocycles. The lowest BCUT2D eigenvalue weighted by Gasteiger charge is -2.34. The van der Waals surface area contributed by atoms with Crippen molar-refractivity contribution in [2.45, 2.75) is 11.9 Å². The minimum atomic E-state index is -3.74. The third-order valence-corrected chi connectivity index (χ3v) is 6.63. The highest BCUT2D eigenvalue weighted by atomic mass is 35.5. The van der Waals surface area contributed by atoms with Gasteiger partial charge < -0.3 is 10.1 Å². The first-order chi connectivity index (χ1) is 14.4. The summed E-state index contributed by atoms with van der Waals surface area (Å²) < 4.78 is 33.5. The fourth-order valence-electron chi connectivity index (χ4n) is 3.22. The van der Waals surface area contributed by atoms with E-state index in [1.807, 2.05) is 6.07 Å². The number of nitrogens with one attached hydrogen (secondary N) is 1. The number of hydrogen-bond donors (Lipinski definition) is 1. The molecule has 4 rings (SSSR count). The van der Waals surface area contributed by atoms with E-state index in [0.29, 0.717) is 27.7 Å². The smallest absolute Gasteiger partial charge is 0.267 e. The van der Waals surface area contributed by atoms with Crippen LogP contribution in [0.2, 0.25) is 5.02 Å². The largest absolute Gasteiger partial charge is 0.476 e. The molecule has 1 aliphatic rings. The standard InChI is InChI=1S/C22H19ClN2O4S/c23-17-10-12-18(13-11-17)24-22(26)21-14-25(19-8-4-5-9-20(19)29-21)30(27,28)15-16-6-2-1-3-7-16/h1-13,21H,14-15H2,(H,24,26)/t21-/m1/s1. The second kappa shape index (κ2) is 8.38. The highest BCUT2D eigenvalue weighted by molar-refractivity contribution is 7.92. The number of ether oxygens (including phenoxy) is 1. The normalized spacial score (nSPS) is 15.8. The molecule has 0 unspecified atom stereocenters. The van der Waals surface area contributed by atoms with E-state index in [9.17, 15) is 13.2 Å². The molecule has 1 N–H and O–H groups in total. The van der Waals surface area contributed by atoms with Gasteiger partial charge in [0.1, 0.15) is 5.75 Å². The molecule has 0 radical (unpaired) electrons. The van der Waals surface area contributed by atoms with E-state index in [0.717, 1.165) is 0 Å². The van der Waals surface area contributed by atoms with Crippen molar-refractivity contribution in [3.05, 3.63) is 89.4 Å². The molecule has 0 saturated carbocycles. The summed E-state index contributed by atoms with van der Waals surface area (Å²) in [6.07, 6.45) is -0.999. The van der Waals surface area contributed by atoms with E-state index in [1.165, 1.54) is 4.31 Å². The Morgan fingerprint density at radius 2 is 1.67 bits per heavy atom. The number of carbonyl (C=O) groups is 1. The van der Waals surface area contributed by atoms with Crippen LogP contribution in [0.1, 0.15) is 5.56 Å². The molecule has 1 heterocycles. The molecule has 1 aliphatic heterocycles. The number of halogens is 1. The second-order valence-corrected chi connectivity index (χ2v) is 9.17. The number of nitrogens with zero attached hydrogens (tertiary/aromatic N) is 1. The van der Waals surface area contributed by atoms with Gasteiger partial charge in [0.25, 0.3) is 5.91 Å². The number of hydrogen-bond acceptors (Lipinski definition) is 4. The van der Waals surface area contributed by atoms with Crippen molar-refractivity contribution in [1.29, 1.82) is 0 Å². The van der Waals surface area contributed by atoms with Crippen molar-refractivity contribution in [1.82, 2.24) is 0 Å². The predicted molar refractivity (Wildman–Crippen MR) is 117 cm³/mol. The van der Waals surface area contributed by atoms with Crippen molar-refractivity contribution < 1.29 is 17.9 Å². The van der Waals surface area contributed by atoms with Gasteiger partial charge in [-0.1, -0.05) is 54.1 Å². The number of anilines is 2. The molecular weight excluding hydrogens is 424 g/mol. The average Bonchev–Trinajstić information content (AvgIpc) is 2.75. The van der Waals surface area contributed by atoms with Crippen molar-refractivity contribution >= 4 is 38.9 Å². The van der Waals surface area contributed by atoms with Crippen LogP contribution in [-0.4, -0.2) is 27.0 Å². The minimum Gasteiger partial charge on any atom is -0.476 e. The Morgan fingerprint density at radius 1 is 1.00 bits per heavy atom. The quantitative estimate of drug-likeness (QED) is 0.646. The molecular formula is C22H19ClN2O4S. The summed E-state index contributed by atoms with van der Waals surface area (Å²) in [5, 5.41) is 3.30. The highest BCUT2D eigenvalue weighted by Crippen LogP contribution is 2.36. The van der Waals surface area contributed by atoms with Crippen LogP contribution in [0.3, 0.4) is 0 Å². The Bertz CT molecular complexity index is 1150. The SMILES string of the molecule is O=C(Nc1ccc(Cl)cc1)[C@H]1CN(S(=O)(=O)Cc2ccccc2)c2ccccc2O1. The maximum Gasteiger partial charge on any atom is 0.267 e. The van der Waals surface area contributed by atoms with E-state index in [1.54, 1.807) is 72.8 Å². The first kappa shape index (κ1) is 20.3. The van der Waals surface area contributed by atoms with Gasteiger partial charge in [0.15, 0.2) is 6.10 Å². The summed E-state index contributed by atoms with van der Waals surface area (Å²) in [6, 6.07) is 22.4. The highest BCUT2D eigenvalue weighted by Gasteiger charge is 2.36. The van der Waals surface area contributed by atoms with Crippen molar-refractivity contribution in [2.75, 3.05) is 16.2 Å². The monoisotopic (exact) mass is 442 g/mol. The van der Waals surface area contributed by atoms with E-state index in [2.05, 4.69) is 5.32 Å². The van der Waals surface area contributed by atoms with Gasteiger partial charge in [0.05, 0.1) is 18.0 Å². The Balaban J connectivity index is 1.60. The summed E-state index contributed by atoms with van der Waals surface area (Å²) in [5.41, 5.74) is 1.64. The van der Waals surface area contributed by atoms with Crippen LogP contribution in [0, 0.1) is 0 Å². The van der Waals surface area contributed by atoms with Crippen molar-refractivity contribution in [3.8, 4) is 5.75 Å². The summed E-state index contributed by atoms with van der Waals surface area (Å²) in [7, 11) is -3.74. The van der Waals surface area contributed by atoms with Gasteiger partial charge in [0.2, 0.25) is 10.0 Å². The molecule has 3 aromatic rings. The lowest BCUT2D eigenvalue weighted by atomic mass is 10.2. The lowest BCUT2D eigenvalue weighted by Crippen LogP contribution is -2.49. The van der Waals surface area contributed by atoms with E-state index >= 15 is 0 Å². The van der Waals surface area contributed by atoms with Crippen LogP contribution in [-0.2, 0) is 20.6 Å². The third-order valence-electron chi connectivity index (χ3n) is 4.67. The molecule has 0 aliphatic carbocycles. The molecule has 6 nitrogen and oxygen atoms in total. The van der Waals surface area contributed by atoms with Crippen LogP contribution >= 0.6 is 11.6 Å². The maximum absolute atomic E-state index is 13.2. The number of amides is 1. The summed E-state index contributed by atoms with van der Waals surface area (Å²) in [5.74, 6) is -0.267. The molecule has 8 heteroatoms. The number of sulfonamides is 1. The maximum atomic E-state index is 13.2. The topological polar surface area (TPSA) is 75.7 Å². The minimum absolute atomic E-state index is 0.119. The fraction of sp³-hybridized carbons (Fsp3) is 0.136. The predicted octanol–water partition coefficient (Wildman–Crippen LogP) is 4.08. The van der Waals surface area contributed by atoms with Crippen LogP contribution in [0.15, 0.2) is 78.9 Å². The number of carbonyl (C=O) groups excluding carboxylic acids is 1. The van der Waals surface area contributed by atoms with Crippen LogP contribution in [0.5, 0.6) is 5.75 Å². The average molecular weight is 443 g/mol. The summed E-state index contributed by atoms with van der Waals surface area (Å²) in [6.45, 7) is -0.119. The number of rotatable bonds is 5. The zero-order valence-corrected chi connectivity index (χ0v) is 17.4. The van der Waals surface area contributed by atoms with Crippen LogP contribution in [0.25, 0.3) is 0 Å². The molecule has 0 aromatic heterocycles. The van der Waals surface area contributed by atoms with Gasteiger partial charge in [-0.15, -0.1) is 0 Å². The Morgan fingerprint density at radius 3 is 2.40 bits per heavy atom. The van der Waals surface area contributed by atoms with E-state index in [-0.39, 0.29) is 12.3 Å². The molecule has 0 spiro atoms. The summed E-state index contributed by atoms with van der Waals surface area (Å²) >= 11 is 5.88. The molecule has 0 fully saturated rings. The fourth-order valence-corrected chi connectivity index (χ4v) is 4.93. The van der Waals surface area contributed by atoms with Gasteiger partial charge in [0, 0.05) is 10.7 Å². The van der Waals surface area contributed by atoms with E-state index < -0.39 is 22.0 Å². The summed E-state index contributed by atoms with van der Waals surface area (Å²) in [4.78, 5) is 12.8. The zero-order chi connectivity index (χ0) is 21.1. The van der Waals surface area contributed by atoms with Gasteiger partial charge in [-0.05, 0) is 42.0 Å². The number of fused-ring (bicyclic) bond motifs is 1. The Kier molecular flexibility index (Phi) is 5.65. The third kappa shape index (κ3) is 4.42. The van der Waals surface area contributed by atoms with Gasteiger partial charge >= 0.3 is 0 Å². The number of benzene rings is 3. The Labute approximate surface area is 180 Å². The van der Waals surface area contributed by atoms with Gasteiger partial charge in [-0.2, -0.15) is 0 Å². The zero-order valence-electron chi connectivity index (χ0n) is 15.9. The van der Waals surface area contributed by atoms with Crippen molar-refractivity contribution in [2.24, 2.45) is 0 Å². The molecule has 154 valence electrons. The molecule has 0 saturated heterocycles. The molecule has 1 atom stereocenters.